The van der Waals surface area contributed by atoms with Gasteiger partial charge in [0.1, 0.15) is 0 Å². The molecule has 1 aromatic rings. The first-order chi connectivity index (χ1) is 12.8. The van der Waals surface area contributed by atoms with Crippen molar-refractivity contribution < 1.29 is 19.4 Å². The molecule has 0 unspecified atom stereocenters. The molecule has 0 aliphatic rings. The van der Waals surface area contributed by atoms with Crippen LogP contribution < -0.4 is 0 Å². The third-order valence-corrected chi connectivity index (χ3v) is 4.46. The zero-order chi connectivity index (χ0) is 20.1. The fourth-order valence-corrected chi connectivity index (χ4v) is 2.95. The minimum Gasteiger partial charge on any atom is -0.481 e. The van der Waals surface area contributed by atoms with Gasteiger partial charge in [-0.25, -0.2) is 0 Å². The second kappa shape index (κ2) is 12.7. The predicted octanol–water partition coefficient (Wildman–Crippen LogP) is 5.82. The summed E-state index contributed by atoms with van der Waals surface area (Å²) in [7, 11) is 0. The second-order valence-electron chi connectivity index (χ2n) is 8.23. The van der Waals surface area contributed by atoms with Crippen molar-refractivity contribution in [1.29, 1.82) is 0 Å². The number of ketones is 1. The Hall–Kier alpha value is -1.68. The van der Waals surface area contributed by atoms with Crippen LogP contribution in [0.5, 0.6) is 0 Å². The maximum atomic E-state index is 12.2. The van der Waals surface area contributed by atoms with Crippen LogP contribution in [0.3, 0.4) is 0 Å². The third-order valence-electron chi connectivity index (χ3n) is 4.46. The van der Waals surface area contributed by atoms with Crippen molar-refractivity contribution in [1.82, 2.24) is 0 Å². The molecule has 27 heavy (non-hydrogen) atoms. The molecule has 0 atom stereocenters. The average molecular weight is 377 g/mol. The Morgan fingerprint density at radius 2 is 1.37 bits per heavy atom. The Morgan fingerprint density at radius 3 is 1.89 bits per heavy atom. The number of carboxylic acid groups (broad SMARTS) is 1. The number of hydrogen-bond donors (Lipinski definition) is 1. The molecule has 0 spiro atoms. The first-order valence-electron chi connectivity index (χ1n) is 10.3. The lowest BCUT2D eigenvalue weighted by Gasteiger charge is -2.19. The summed E-state index contributed by atoms with van der Waals surface area (Å²) < 4.78 is 5.71. The summed E-state index contributed by atoms with van der Waals surface area (Å²) in [5.74, 6) is -0.706. The minimum absolute atomic E-state index is 0.00190. The lowest BCUT2D eigenvalue weighted by molar-refractivity contribution is -0.136. The van der Waals surface area contributed by atoms with Crippen molar-refractivity contribution in [2.45, 2.75) is 90.6 Å². The Kier molecular flexibility index (Phi) is 11.0. The molecule has 152 valence electrons. The third kappa shape index (κ3) is 12.4. The highest BCUT2D eigenvalue weighted by atomic mass is 16.5. The lowest BCUT2D eigenvalue weighted by atomic mass is 10.0. The highest BCUT2D eigenvalue weighted by Gasteiger charge is 2.09. The molecule has 0 radical (unpaired) electrons. The molecule has 1 rings (SSSR count). The highest BCUT2D eigenvalue weighted by Crippen LogP contribution is 2.14. The van der Waals surface area contributed by atoms with Gasteiger partial charge in [-0.2, -0.15) is 0 Å². The van der Waals surface area contributed by atoms with E-state index in [4.69, 9.17) is 9.84 Å². The van der Waals surface area contributed by atoms with Crippen LogP contribution in [0.4, 0.5) is 0 Å². The molecule has 0 fully saturated rings. The number of carboxylic acids is 1. The van der Waals surface area contributed by atoms with Gasteiger partial charge in [0.2, 0.25) is 0 Å². The van der Waals surface area contributed by atoms with E-state index >= 15 is 0 Å². The van der Waals surface area contributed by atoms with Crippen LogP contribution in [-0.2, 0) is 16.0 Å². The largest absolute Gasteiger partial charge is 0.481 e. The molecule has 0 heterocycles. The van der Waals surface area contributed by atoms with E-state index in [1.807, 2.05) is 0 Å². The molecule has 4 heteroatoms. The van der Waals surface area contributed by atoms with Crippen LogP contribution in [0.1, 0.15) is 94.5 Å². The summed E-state index contributed by atoms with van der Waals surface area (Å²) >= 11 is 0. The summed E-state index contributed by atoms with van der Waals surface area (Å²) in [5.41, 5.74) is 1.38. The van der Waals surface area contributed by atoms with E-state index in [1.165, 1.54) is 32.1 Å². The molecule has 0 saturated heterocycles. The second-order valence-corrected chi connectivity index (χ2v) is 8.23. The van der Waals surface area contributed by atoms with Crippen LogP contribution >= 0.6 is 0 Å². The molecular formula is C23H36O4. The number of ether oxygens (including phenoxy) is 1. The van der Waals surface area contributed by atoms with Gasteiger partial charge < -0.3 is 9.84 Å². The van der Waals surface area contributed by atoms with Crippen molar-refractivity contribution in [3.05, 3.63) is 35.4 Å². The van der Waals surface area contributed by atoms with Gasteiger partial charge >= 0.3 is 5.97 Å². The average Bonchev–Trinajstić information content (AvgIpc) is 2.58. The predicted molar refractivity (Wildman–Crippen MR) is 109 cm³/mol. The van der Waals surface area contributed by atoms with Crippen LogP contribution in [0.25, 0.3) is 0 Å². The molecule has 4 nitrogen and oxygen atoms in total. The molecule has 0 amide bonds. The summed E-state index contributed by atoms with van der Waals surface area (Å²) in [6, 6.07) is 6.94. The lowest BCUT2D eigenvalue weighted by Crippen LogP contribution is -2.19. The van der Waals surface area contributed by atoms with E-state index in [-0.39, 0.29) is 17.8 Å². The Morgan fingerprint density at radius 1 is 0.852 bits per heavy atom. The zero-order valence-corrected chi connectivity index (χ0v) is 17.3. The summed E-state index contributed by atoms with van der Waals surface area (Å²) in [6.45, 7) is 7.12. The van der Waals surface area contributed by atoms with Gasteiger partial charge in [-0.05, 0) is 39.2 Å². The van der Waals surface area contributed by atoms with Gasteiger partial charge in [-0.15, -0.1) is 0 Å². The number of aliphatic carboxylic acids is 1. The number of rotatable bonds is 14. The van der Waals surface area contributed by atoms with Gasteiger partial charge in [0.05, 0.1) is 12.0 Å². The quantitative estimate of drug-likeness (QED) is 0.328. The van der Waals surface area contributed by atoms with Crippen LogP contribution in [0.2, 0.25) is 0 Å². The summed E-state index contributed by atoms with van der Waals surface area (Å²) in [4.78, 5) is 22.8. The Balaban J connectivity index is 2.01. The van der Waals surface area contributed by atoms with Crippen molar-refractivity contribution >= 4 is 11.8 Å². The minimum atomic E-state index is -0.854. The standard InChI is InChI=1S/C23H36O4/c1-23(2,3)27-17-11-9-7-5-4-6-8-10-12-21(24)20-15-13-19(14-16-20)18-22(25)26/h13-16H,4-12,17-18H2,1-3H3,(H,25,26). The zero-order valence-electron chi connectivity index (χ0n) is 17.3. The summed E-state index contributed by atoms with van der Waals surface area (Å²) in [6.07, 6.45) is 9.89. The Bertz CT molecular complexity index is 555. The number of Topliss-reactive ketones (excluding diaryl/α,β-unsaturated/α-hetero) is 1. The molecular weight excluding hydrogens is 340 g/mol. The van der Waals surface area contributed by atoms with Gasteiger partial charge in [0.15, 0.2) is 5.78 Å². The van der Waals surface area contributed by atoms with Gasteiger partial charge in [-0.1, -0.05) is 62.8 Å². The molecule has 0 aromatic heterocycles. The normalized spacial score (nSPS) is 11.5. The fourth-order valence-electron chi connectivity index (χ4n) is 2.95. The van der Waals surface area contributed by atoms with E-state index in [1.54, 1.807) is 24.3 Å². The van der Waals surface area contributed by atoms with Crippen molar-refractivity contribution in [3.8, 4) is 0 Å². The van der Waals surface area contributed by atoms with E-state index in [2.05, 4.69) is 20.8 Å². The van der Waals surface area contributed by atoms with Crippen molar-refractivity contribution in [3.63, 3.8) is 0 Å². The summed E-state index contributed by atoms with van der Waals surface area (Å²) in [5, 5.41) is 8.76. The van der Waals surface area contributed by atoms with Crippen molar-refractivity contribution in [2.75, 3.05) is 6.61 Å². The fraction of sp³-hybridized carbons (Fsp3) is 0.652. The first-order valence-corrected chi connectivity index (χ1v) is 10.3. The maximum absolute atomic E-state index is 12.2. The number of carbonyl (C=O) groups is 2. The van der Waals surface area contributed by atoms with Gasteiger partial charge in [-0.3, -0.25) is 9.59 Å². The molecule has 1 N–H and O–H groups in total. The Labute approximate surface area is 164 Å². The molecule has 0 aliphatic carbocycles. The SMILES string of the molecule is CC(C)(C)OCCCCCCCCCCC(=O)c1ccc(CC(=O)O)cc1. The van der Waals surface area contributed by atoms with Gasteiger partial charge in [0, 0.05) is 18.6 Å². The van der Waals surface area contributed by atoms with Crippen LogP contribution in [0.15, 0.2) is 24.3 Å². The van der Waals surface area contributed by atoms with E-state index in [9.17, 15) is 9.59 Å². The van der Waals surface area contributed by atoms with Crippen LogP contribution in [-0.4, -0.2) is 29.1 Å². The van der Waals surface area contributed by atoms with Gasteiger partial charge in [0.25, 0.3) is 0 Å². The van der Waals surface area contributed by atoms with E-state index in [0.717, 1.165) is 31.4 Å². The number of hydrogen-bond acceptors (Lipinski definition) is 3. The number of carbonyl (C=O) groups excluding carboxylic acids is 1. The molecule has 0 bridgehead atoms. The molecule has 1 aromatic carbocycles. The molecule has 0 aliphatic heterocycles. The van der Waals surface area contributed by atoms with Crippen LogP contribution in [0, 0.1) is 0 Å². The van der Waals surface area contributed by atoms with Crippen molar-refractivity contribution in [2.24, 2.45) is 0 Å². The number of unbranched alkanes of at least 4 members (excludes halogenated alkanes) is 7. The molecule has 0 saturated carbocycles. The van der Waals surface area contributed by atoms with E-state index < -0.39 is 5.97 Å². The maximum Gasteiger partial charge on any atom is 0.307 e. The number of benzene rings is 1. The monoisotopic (exact) mass is 376 g/mol. The van der Waals surface area contributed by atoms with E-state index in [0.29, 0.717) is 12.0 Å². The highest BCUT2D eigenvalue weighted by molar-refractivity contribution is 5.96. The first kappa shape index (κ1) is 23.4. The topological polar surface area (TPSA) is 63.6 Å². The smallest absolute Gasteiger partial charge is 0.307 e.